The van der Waals surface area contributed by atoms with Crippen molar-refractivity contribution in [2.45, 2.75) is 19.9 Å². The first kappa shape index (κ1) is 15.0. The van der Waals surface area contributed by atoms with Gasteiger partial charge in [-0.3, -0.25) is 4.79 Å². The number of hydrogen-bond acceptors (Lipinski definition) is 5. The first-order valence-corrected chi connectivity index (χ1v) is 8.70. The number of aromatic nitrogens is 1. The van der Waals surface area contributed by atoms with Crippen LogP contribution in [-0.4, -0.2) is 22.8 Å². The molecule has 3 aromatic rings. The van der Waals surface area contributed by atoms with Crippen molar-refractivity contribution in [3.63, 3.8) is 0 Å². The van der Waals surface area contributed by atoms with E-state index in [1.807, 2.05) is 35.9 Å². The molecule has 0 aliphatic rings. The van der Waals surface area contributed by atoms with Crippen LogP contribution in [0.1, 0.15) is 17.2 Å². The molecule has 0 unspecified atom stereocenters. The Kier molecular flexibility index (Phi) is 4.40. The van der Waals surface area contributed by atoms with Crippen LogP contribution in [0.2, 0.25) is 0 Å². The van der Waals surface area contributed by atoms with Gasteiger partial charge in [0.05, 0.1) is 18.7 Å². The second-order valence-electron chi connectivity index (χ2n) is 5.09. The highest BCUT2D eigenvalue weighted by Gasteiger charge is 2.14. The standard InChI is InChI=1S/C16H16N2O2S2/c1-11-3-4-14(20-11)8-18(2)15(19)7-13-10-22-16(17-13)12-5-6-21-9-12/h3-6,9-10H,7-8H2,1-2H3. The molecule has 0 saturated heterocycles. The Bertz CT molecular complexity index is 759. The largest absolute Gasteiger partial charge is 0.464 e. The number of rotatable bonds is 5. The molecule has 6 heteroatoms. The molecule has 0 fully saturated rings. The number of likely N-dealkylation sites (N-methyl/N-ethyl adjacent to an activating group) is 1. The van der Waals surface area contributed by atoms with E-state index in [-0.39, 0.29) is 5.91 Å². The third kappa shape index (κ3) is 3.45. The Morgan fingerprint density at radius 2 is 2.18 bits per heavy atom. The van der Waals surface area contributed by atoms with Gasteiger partial charge in [-0.05, 0) is 30.5 Å². The minimum atomic E-state index is 0.0382. The van der Waals surface area contributed by atoms with E-state index in [1.54, 1.807) is 34.6 Å². The maximum Gasteiger partial charge on any atom is 0.228 e. The van der Waals surface area contributed by atoms with Gasteiger partial charge in [-0.25, -0.2) is 4.98 Å². The van der Waals surface area contributed by atoms with Crippen LogP contribution < -0.4 is 0 Å². The zero-order valence-corrected chi connectivity index (χ0v) is 14.0. The molecule has 0 aliphatic heterocycles. The van der Waals surface area contributed by atoms with Crippen LogP contribution in [0.5, 0.6) is 0 Å². The summed E-state index contributed by atoms with van der Waals surface area (Å²) in [5, 5.41) is 7.01. The molecule has 114 valence electrons. The zero-order valence-electron chi connectivity index (χ0n) is 12.4. The molecule has 3 heterocycles. The summed E-state index contributed by atoms with van der Waals surface area (Å²) in [7, 11) is 1.78. The fourth-order valence-electron chi connectivity index (χ4n) is 2.09. The van der Waals surface area contributed by atoms with Crippen molar-refractivity contribution in [1.82, 2.24) is 9.88 Å². The number of hydrogen-bond donors (Lipinski definition) is 0. The molecule has 0 radical (unpaired) electrons. The first-order valence-electron chi connectivity index (χ1n) is 6.88. The minimum absolute atomic E-state index is 0.0382. The number of amides is 1. The number of nitrogens with zero attached hydrogens (tertiary/aromatic N) is 2. The predicted molar refractivity (Wildman–Crippen MR) is 89.1 cm³/mol. The van der Waals surface area contributed by atoms with Gasteiger partial charge in [0, 0.05) is 23.4 Å². The molecule has 22 heavy (non-hydrogen) atoms. The maximum absolute atomic E-state index is 12.3. The summed E-state index contributed by atoms with van der Waals surface area (Å²) in [5.74, 6) is 1.69. The first-order chi connectivity index (χ1) is 10.6. The van der Waals surface area contributed by atoms with Crippen molar-refractivity contribution in [2.24, 2.45) is 0 Å². The molecular weight excluding hydrogens is 316 g/mol. The molecule has 3 aromatic heterocycles. The van der Waals surface area contributed by atoms with Crippen molar-refractivity contribution in [3.05, 3.63) is 51.6 Å². The van der Waals surface area contributed by atoms with E-state index in [4.69, 9.17) is 4.42 Å². The summed E-state index contributed by atoms with van der Waals surface area (Å²) in [5.41, 5.74) is 1.94. The number of aryl methyl sites for hydroxylation is 1. The van der Waals surface area contributed by atoms with Crippen LogP contribution in [0, 0.1) is 6.92 Å². The maximum atomic E-state index is 12.3. The highest BCUT2D eigenvalue weighted by molar-refractivity contribution is 7.14. The van der Waals surface area contributed by atoms with E-state index in [9.17, 15) is 4.79 Å². The van der Waals surface area contributed by atoms with Gasteiger partial charge in [-0.15, -0.1) is 11.3 Å². The predicted octanol–water partition coefficient (Wildman–Crippen LogP) is 3.97. The molecule has 0 bridgehead atoms. The molecule has 0 saturated carbocycles. The summed E-state index contributed by atoms with van der Waals surface area (Å²) in [6.07, 6.45) is 0.316. The van der Waals surface area contributed by atoms with Crippen LogP contribution in [0.3, 0.4) is 0 Å². The molecule has 0 atom stereocenters. The van der Waals surface area contributed by atoms with E-state index in [1.165, 1.54) is 0 Å². The second kappa shape index (κ2) is 6.46. The highest BCUT2D eigenvalue weighted by atomic mass is 32.1. The summed E-state index contributed by atoms with van der Waals surface area (Å²) >= 11 is 3.22. The Balaban J connectivity index is 1.61. The van der Waals surface area contributed by atoms with E-state index >= 15 is 0 Å². The summed E-state index contributed by atoms with van der Waals surface area (Å²) in [6, 6.07) is 5.85. The van der Waals surface area contributed by atoms with Crippen LogP contribution in [-0.2, 0) is 17.8 Å². The summed E-state index contributed by atoms with van der Waals surface area (Å²) < 4.78 is 5.50. The number of carbonyl (C=O) groups is 1. The molecule has 4 nitrogen and oxygen atoms in total. The molecule has 3 rings (SSSR count). The third-order valence-electron chi connectivity index (χ3n) is 3.27. The van der Waals surface area contributed by atoms with Crippen molar-refractivity contribution >= 4 is 28.6 Å². The molecule has 0 aliphatic carbocycles. The fourth-order valence-corrected chi connectivity index (χ4v) is 3.62. The highest BCUT2D eigenvalue weighted by Crippen LogP contribution is 2.26. The summed E-state index contributed by atoms with van der Waals surface area (Å²) in [4.78, 5) is 18.5. The topological polar surface area (TPSA) is 46.3 Å². The molecule has 1 amide bonds. The normalized spacial score (nSPS) is 10.8. The van der Waals surface area contributed by atoms with E-state index in [0.29, 0.717) is 13.0 Å². The lowest BCUT2D eigenvalue weighted by Crippen LogP contribution is -2.27. The number of thiophene rings is 1. The smallest absolute Gasteiger partial charge is 0.228 e. The third-order valence-corrected chi connectivity index (χ3v) is 4.89. The van der Waals surface area contributed by atoms with Crippen LogP contribution >= 0.6 is 22.7 Å². The Labute approximate surface area is 137 Å². The van der Waals surface area contributed by atoms with Gasteiger partial charge < -0.3 is 9.32 Å². The van der Waals surface area contributed by atoms with Gasteiger partial charge in [0.15, 0.2) is 0 Å². The van der Waals surface area contributed by atoms with Crippen LogP contribution in [0.4, 0.5) is 0 Å². The molecular formula is C16H16N2O2S2. The molecule has 0 N–H and O–H groups in total. The van der Waals surface area contributed by atoms with Crippen molar-refractivity contribution in [1.29, 1.82) is 0 Å². The van der Waals surface area contributed by atoms with Crippen LogP contribution in [0.25, 0.3) is 10.6 Å². The lowest BCUT2D eigenvalue weighted by atomic mass is 10.3. The van der Waals surface area contributed by atoms with Crippen molar-refractivity contribution in [3.8, 4) is 10.6 Å². The van der Waals surface area contributed by atoms with Gasteiger partial charge in [0.2, 0.25) is 5.91 Å². The SMILES string of the molecule is Cc1ccc(CN(C)C(=O)Cc2csc(-c3ccsc3)n2)o1. The lowest BCUT2D eigenvalue weighted by Gasteiger charge is -2.14. The lowest BCUT2D eigenvalue weighted by molar-refractivity contribution is -0.129. The fraction of sp³-hybridized carbons (Fsp3) is 0.250. The quantitative estimate of drug-likeness (QED) is 0.710. The minimum Gasteiger partial charge on any atom is -0.464 e. The second-order valence-corrected chi connectivity index (χ2v) is 6.73. The Morgan fingerprint density at radius 3 is 2.86 bits per heavy atom. The number of thiazole rings is 1. The van der Waals surface area contributed by atoms with Gasteiger partial charge in [0.1, 0.15) is 16.5 Å². The van der Waals surface area contributed by atoms with Gasteiger partial charge >= 0.3 is 0 Å². The molecule has 0 spiro atoms. The number of carbonyl (C=O) groups excluding carboxylic acids is 1. The van der Waals surface area contributed by atoms with Crippen LogP contribution in [0.15, 0.2) is 38.8 Å². The average molecular weight is 332 g/mol. The monoisotopic (exact) mass is 332 g/mol. The van der Waals surface area contributed by atoms with Gasteiger partial charge in [-0.2, -0.15) is 11.3 Å². The average Bonchev–Trinajstić information content (AvgIpc) is 3.20. The van der Waals surface area contributed by atoms with Crippen molar-refractivity contribution < 1.29 is 9.21 Å². The van der Waals surface area contributed by atoms with E-state index < -0.39 is 0 Å². The zero-order chi connectivity index (χ0) is 15.5. The molecule has 0 aromatic carbocycles. The Hall–Kier alpha value is -1.92. The van der Waals surface area contributed by atoms with E-state index in [0.717, 1.165) is 27.8 Å². The number of furan rings is 1. The summed E-state index contributed by atoms with van der Waals surface area (Å²) in [6.45, 7) is 2.38. The van der Waals surface area contributed by atoms with Crippen molar-refractivity contribution in [2.75, 3.05) is 7.05 Å². The van der Waals surface area contributed by atoms with Gasteiger partial charge in [-0.1, -0.05) is 0 Å². The Morgan fingerprint density at radius 1 is 1.32 bits per heavy atom. The van der Waals surface area contributed by atoms with Gasteiger partial charge in [0.25, 0.3) is 0 Å². The van der Waals surface area contributed by atoms with E-state index in [2.05, 4.69) is 10.4 Å².